The van der Waals surface area contributed by atoms with Gasteiger partial charge in [-0.05, 0) is 42.3 Å². The van der Waals surface area contributed by atoms with E-state index in [1.807, 2.05) is 18.2 Å². The quantitative estimate of drug-likeness (QED) is 0.875. The Labute approximate surface area is 128 Å². The molecule has 20 heavy (non-hydrogen) atoms. The number of nitrogens with one attached hydrogen (secondary N) is 1. The van der Waals surface area contributed by atoms with Crippen LogP contribution in [0.15, 0.2) is 57.9 Å². The molecule has 0 fully saturated rings. The molecule has 106 valence electrons. The number of sulfonamides is 1. The second-order valence-corrected chi connectivity index (χ2v) is 7.06. The van der Waals surface area contributed by atoms with Gasteiger partial charge in [0.05, 0.1) is 10.6 Å². The maximum atomic E-state index is 12.3. The van der Waals surface area contributed by atoms with Crippen molar-refractivity contribution in [3.8, 4) is 0 Å². The van der Waals surface area contributed by atoms with Gasteiger partial charge in [-0.3, -0.25) is 4.72 Å². The summed E-state index contributed by atoms with van der Waals surface area (Å²) in [6, 6.07) is 14.1. The zero-order valence-corrected chi connectivity index (χ0v) is 13.5. The Morgan fingerprint density at radius 3 is 2.35 bits per heavy atom. The minimum absolute atomic E-state index is 0.256. The number of halogens is 1. The van der Waals surface area contributed by atoms with Crippen molar-refractivity contribution in [1.82, 2.24) is 0 Å². The van der Waals surface area contributed by atoms with E-state index in [1.165, 1.54) is 0 Å². The van der Waals surface area contributed by atoms with Crippen LogP contribution in [0.2, 0.25) is 0 Å². The minimum atomic E-state index is -3.54. The number of aryl methyl sites for hydroxylation is 1. The molecule has 0 unspecified atom stereocenters. The van der Waals surface area contributed by atoms with Crippen LogP contribution < -0.4 is 4.72 Å². The van der Waals surface area contributed by atoms with Gasteiger partial charge in [-0.1, -0.05) is 47.5 Å². The van der Waals surface area contributed by atoms with Crippen molar-refractivity contribution in [2.24, 2.45) is 0 Å². The number of anilines is 1. The number of rotatable bonds is 5. The number of hydrogen-bond acceptors (Lipinski definition) is 2. The number of benzene rings is 2. The topological polar surface area (TPSA) is 46.2 Å². The summed E-state index contributed by atoms with van der Waals surface area (Å²) in [4.78, 5) is 0.256. The Kier molecular flexibility index (Phi) is 4.83. The first-order chi connectivity index (χ1) is 9.53. The highest BCUT2D eigenvalue weighted by Gasteiger charge is 2.15. The Bertz CT molecular complexity index is 681. The summed E-state index contributed by atoms with van der Waals surface area (Å²) in [7, 11) is -3.54. The van der Waals surface area contributed by atoms with Gasteiger partial charge in [-0.25, -0.2) is 8.42 Å². The molecular weight excluding hydrogens is 338 g/mol. The van der Waals surface area contributed by atoms with Gasteiger partial charge in [0.15, 0.2) is 0 Å². The van der Waals surface area contributed by atoms with Gasteiger partial charge >= 0.3 is 0 Å². The second-order valence-electron chi connectivity index (χ2n) is 4.47. The molecule has 2 aromatic carbocycles. The van der Waals surface area contributed by atoms with Crippen molar-refractivity contribution in [1.29, 1.82) is 0 Å². The lowest BCUT2D eigenvalue weighted by molar-refractivity contribution is 0.601. The average Bonchev–Trinajstić information content (AvgIpc) is 2.41. The van der Waals surface area contributed by atoms with Crippen molar-refractivity contribution < 1.29 is 8.42 Å². The molecule has 0 spiro atoms. The van der Waals surface area contributed by atoms with Crippen LogP contribution in [0.5, 0.6) is 0 Å². The SMILES string of the molecule is CCCc1ccccc1NS(=O)(=O)c1ccc(Br)cc1. The van der Waals surface area contributed by atoms with E-state index < -0.39 is 10.0 Å². The number of hydrogen-bond donors (Lipinski definition) is 1. The molecular formula is C15H16BrNO2S. The highest BCUT2D eigenvalue weighted by atomic mass is 79.9. The summed E-state index contributed by atoms with van der Waals surface area (Å²) in [5.74, 6) is 0. The second kappa shape index (κ2) is 6.41. The van der Waals surface area contributed by atoms with Crippen LogP contribution in [0.1, 0.15) is 18.9 Å². The summed E-state index contributed by atoms with van der Waals surface area (Å²) < 4.78 is 28.2. The maximum Gasteiger partial charge on any atom is 0.261 e. The molecule has 0 atom stereocenters. The van der Waals surface area contributed by atoms with E-state index in [4.69, 9.17) is 0 Å². The lowest BCUT2D eigenvalue weighted by atomic mass is 10.1. The molecule has 0 bridgehead atoms. The highest BCUT2D eigenvalue weighted by Crippen LogP contribution is 2.22. The van der Waals surface area contributed by atoms with Crippen LogP contribution in [-0.2, 0) is 16.4 Å². The predicted molar refractivity (Wildman–Crippen MR) is 85.4 cm³/mol. The first-order valence-corrected chi connectivity index (χ1v) is 8.67. The molecule has 1 N–H and O–H groups in total. The van der Waals surface area contributed by atoms with E-state index in [-0.39, 0.29) is 4.90 Å². The maximum absolute atomic E-state index is 12.3. The smallest absolute Gasteiger partial charge is 0.261 e. The van der Waals surface area contributed by atoms with E-state index >= 15 is 0 Å². The van der Waals surface area contributed by atoms with Gasteiger partial charge < -0.3 is 0 Å². The summed E-state index contributed by atoms with van der Waals surface area (Å²) in [6.07, 6.45) is 1.82. The molecule has 0 aliphatic rings. The third kappa shape index (κ3) is 3.61. The van der Waals surface area contributed by atoms with Crippen LogP contribution in [0.3, 0.4) is 0 Å². The first kappa shape index (κ1) is 15.1. The summed E-state index contributed by atoms with van der Waals surface area (Å²) in [6.45, 7) is 2.07. The average molecular weight is 354 g/mol. The Hall–Kier alpha value is -1.33. The zero-order chi connectivity index (χ0) is 14.6. The molecule has 0 aliphatic heterocycles. The minimum Gasteiger partial charge on any atom is -0.279 e. The molecule has 0 amide bonds. The lowest BCUT2D eigenvalue weighted by Gasteiger charge is -2.12. The summed E-state index contributed by atoms with van der Waals surface area (Å²) in [5.41, 5.74) is 1.66. The Morgan fingerprint density at radius 2 is 1.70 bits per heavy atom. The Morgan fingerprint density at radius 1 is 1.05 bits per heavy atom. The van der Waals surface area contributed by atoms with Gasteiger partial charge in [-0.2, -0.15) is 0 Å². The molecule has 5 heteroatoms. The summed E-state index contributed by atoms with van der Waals surface area (Å²) in [5, 5.41) is 0. The molecule has 3 nitrogen and oxygen atoms in total. The number of para-hydroxylation sites is 1. The largest absolute Gasteiger partial charge is 0.279 e. The fraction of sp³-hybridized carbons (Fsp3) is 0.200. The fourth-order valence-electron chi connectivity index (χ4n) is 1.92. The van der Waals surface area contributed by atoms with E-state index in [9.17, 15) is 8.42 Å². The first-order valence-electron chi connectivity index (χ1n) is 6.39. The van der Waals surface area contributed by atoms with Gasteiger partial charge in [0.25, 0.3) is 10.0 Å². The van der Waals surface area contributed by atoms with E-state index in [0.29, 0.717) is 5.69 Å². The van der Waals surface area contributed by atoms with Crippen LogP contribution in [-0.4, -0.2) is 8.42 Å². The van der Waals surface area contributed by atoms with Crippen molar-refractivity contribution in [2.75, 3.05) is 4.72 Å². The molecule has 0 radical (unpaired) electrons. The summed E-state index contributed by atoms with van der Waals surface area (Å²) >= 11 is 3.30. The van der Waals surface area contributed by atoms with Gasteiger partial charge in [-0.15, -0.1) is 0 Å². The van der Waals surface area contributed by atoms with Crippen molar-refractivity contribution in [2.45, 2.75) is 24.7 Å². The van der Waals surface area contributed by atoms with Gasteiger partial charge in [0.1, 0.15) is 0 Å². The molecule has 0 saturated carbocycles. The van der Waals surface area contributed by atoms with Gasteiger partial charge in [0, 0.05) is 4.47 Å². The molecule has 0 aromatic heterocycles. The highest BCUT2D eigenvalue weighted by molar-refractivity contribution is 9.10. The molecule has 2 aromatic rings. The fourth-order valence-corrected chi connectivity index (χ4v) is 3.29. The van der Waals surface area contributed by atoms with Gasteiger partial charge in [0.2, 0.25) is 0 Å². The molecule has 0 saturated heterocycles. The van der Waals surface area contributed by atoms with E-state index in [1.54, 1.807) is 30.3 Å². The molecule has 2 rings (SSSR count). The van der Waals surface area contributed by atoms with E-state index in [2.05, 4.69) is 27.6 Å². The lowest BCUT2D eigenvalue weighted by Crippen LogP contribution is -2.14. The van der Waals surface area contributed by atoms with Crippen LogP contribution >= 0.6 is 15.9 Å². The van der Waals surface area contributed by atoms with Crippen LogP contribution in [0.25, 0.3) is 0 Å². The molecule has 0 heterocycles. The van der Waals surface area contributed by atoms with Crippen molar-refractivity contribution in [3.63, 3.8) is 0 Å². The standard InChI is InChI=1S/C15H16BrNO2S/c1-2-5-12-6-3-4-7-15(12)17-20(18,19)14-10-8-13(16)9-11-14/h3-4,6-11,17H,2,5H2,1H3. The van der Waals surface area contributed by atoms with E-state index in [0.717, 1.165) is 22.9 Å². The monoisotopic (exact) mass is 353 g/mol. The third-order valence-electron chi connectivity index (χ3n) is 2.90. The molecule has 0 aliphatic carbocycles. The van der Waals surface area contributed by atoms with Crippen molar-refractivity contribution >= 4 is 31.6 Å². The van der Waals surface area contributed by atoms with Crippen molar-refractivity contribution in [3.05, 3.63) is 58.6 Å². The zero-order valence-electron chi connectivity index (χ0n) is 11.1. The predicted octanol–water partition coefficient (Wildman–Crippen LogP) is 4.20. The Balaban J connectivity index is 2.31. The van der Waals surface area contributed by atoms with Crippen LogP contribution in [0, 0.1) is 0 Å². The normalized spacial score (nSPS) is 11.3. The third-order valence-corrected chi connectivity index (χ3v) is 4.82. The van der Waals surface area contributed by atoms with Crippen LogP contribution in [0.4, 0.5) is 5.69 Å².